The summed E-state index contributed by atoms with van der Waals surface area (Å²) in [5.41, 5.74) is -0.264. The largest absolute Gasteiger partial charge is 0.493 e. The lowest BCUT2D eigenvalue weighted by atomic mass is 9.82. The number of carbonyl (C=O) groups excluding carboxylic acids is 1. The molecule has 0 fully saturated rings. The summed E-state index contributed by atoms with van der Waals surface area (Å²) in [5, 5.41) is 21.1. The van der Waals surface area contributed by atoms with Gasteiger partial charge in [-0.2, -0.15) is 5.26 Å². The third kappa shape index (κ3) is 4.76. The number of methoxy groups -OCH3 is 1. The van der Waals surface area contributed by atoms with Crippen LogP contribution in [-0.4, -0.2) is 37.2 Å². The van der Waals surface area contributed by atoms with E-state index in [9.17, 15) is 14.7 Å². The molecular weight excluding hydrogens is 348 g/mol. The molecule has 2 aromatic rings. The average Bonchev–Trinajstić information content (AvgIpc) is 2.70. The van der Waals surface area contributed by atoms with Crippen LogP contribution in [0, 0.1) is 11.3 Å². The Morgan fingerprint density at radius 2 is 1.89 bits per heavy atom. The number of rotatable bonds is 8. The molecule has 0 saturated carbocycles. The molecule has 2 N–H and O–H groups in total. The summed E-state index contributed by atoms with van der Waals surface area (Å²) in [6, 6.07) is 15.3. The Labute approximate surface area is 157 Å². The fraction of sp³-hybridized carbons (Fsp3) is 0.250. The zero-order valence-electron chi connectivity index (χ0n) is 15.1. The van der Waals surface area contributed by atoms with E-state index >= 15 is 0 Å². The molecule has 0 aliphatic rings. The van der Waals surface area contributed by atoms with Crippen LogP contribution in [0.3, 0.4) is 0 Å². The fourth-order valence-corrected chi connectivity index (χ4v) is 2.43. The number of ether oxygens (including phenoxy) is 2. The van der Waals surface area contributed by atoms with Crippen molar-refractivity contribution in [2.75, 3.05) is 20.3 Å². The molecule has 2 rings (SSSR count). The second-order valence-corrected chi connectivity index (χ2v) is 6.05. The van der Waals surface area contributed by atoms with E-state index in [-0.39, 0.29) is 13.2 Å². The highest BCUT2D eigenvalue weighted by Gasteiger charge is 2.35. The third-order valence-electron chi connectivity index (χ3n) is 4.17. The molecule has 0 aliphatic carbocycles. The maximum atomic E-state index is 12.1. The topological polar surface area (TPSA) is 109 Å². The van der Waals surface area contributed by atoms with Gasteiger partial charge in [0.2, 0.25) is 0 Å². The molecular formula is C20H20N2O5. The second kappa shape index (κ2) is 8.72. The molecule has 0 bridgehead atoms. The van der Waals surface area contributed by atoms with Gasteiger partial charge in [0.15, 0.2) is 18.1 Å². The quantitative estimate of drug-likeness (QED) is 0.739. The lowest BCUT2D eigenvalue weighted by Crippen LogP contribution is -2.45. The van der Waals surface area contributed by atoms with Crippen LogP contribution in [-0.2, 0) is 15.0 Å². The second-order valence-electron chi connectivity index (χ2n) is 6.05. The Balaban J connectivity index is 2.00. The van der Waals surface area contributed by atoms with E-state index in [1.807, 2.05) is 6.07 Å². The maximum absolute atomic E-state index is 12.1. The Hall–Kier alpha value is -3.53. The molecule has 0 heterocycles. The number of nitriles is 1. The van der Waals surface area contributed by atoms with Gasteiger partial charge in [0.1, 0.15) is 5.41 Å². The lowest BCUT2D eigenvalue weighted by Gasteiger charge is -2.25. The van der Waals surface area contributed by atoms with Crippen molar-refractivity contribution in [3.8, 4) is 17.6 Å². The molecule has 0 radical (unpaired) electrons. The average molecular weight is 368 g/mol. The Morgan fingerprint density at radius 3 is 2.48 bits per heavy atom. The van der Waals surface area contributed by atoms with E-state index in [2.05, 4.69) is 5.32 Å². The molecule has 1 atom stereocenters. The minimum atomic E-state index is -1.26. The van der Waals surface area contributed by atoms with Crippen molar-refractivity contribution in [1.29, 1.82) is 5.26 Å². The van der Waals surface area contributed by atoms with Crippen molar-refractivity contribution in [2.45, 2.75) is 12.3 Å². The van der Waals surface area contributed by atoms with Gasteiger partial charge in [0.05, 0.1) is 18.7 Å². The Bertz CT molecular complexity index is 860. The molecule has 0 aliphatic heterocycles. The highest BCUT2D eigenvalue weighted by Crippen LogP contribution is 2.28. The van der Waals surface area contributed by atoms with Crippen LogP contribution in [0.2, 0.25) is 0 Å². The van der Waals surface area contributed by atoms with Gasteiger partial charge in [-0.1, -0.05) is 30.3 Å². The van der Waals surface area contributed by atoms with Crippen molar-refractivity contribution in [2.24, 2.45) is 0 Å². The molecule has 7 nitrogen and oxygen atoms in total. The number of carboxylic acid groups (broad SMARTS) is 1. The van der Waals surface area contributed by atoms with Crippen LogP contribution in [0.25, 0.3) is 0 Å². The van der Waals surface area contributed by atoms with Gasteiger partial charge in [-0.15, -0.1) is 0 Å². The first kappa shape index (κ1) is 19.8. The maximum Gasteiger partial charge on any atom is 0.315 e. The number of aliphatic carboxylic acids is 1. The highest BCUT2D eigenvalue weighted by molar-refractivity contribution is 5.83. The minimum Gasteiger partial charge on any atom is -0.493 e. The predicted octanol–water partition coefficient (Wildman–Crippen LogP) is 2.10. The summed E-state index contributed by atoms with van der Waals surface area (Å²) in [7, 11) is 1.43. The van der Waals surface area contributed by atoms with Crippen molar-refractivity contribution >= 4 is 11.9 Å². The summed E-state index contributed by atoms with van der Waals surface area (Å²) in [4.78, 5) is 23.8. The predicted molar refractivity (Wildman–Crippen MR) is 97.6 cm³/mol. The van der Waals surface area contributed by atoms with Crippen molar-refractivity contribution in [3.05, 3.63) is 59.7 Å². The lowest BCUT2D eigenvalue weighted by molar-refractivity contribution is -0.143. The first-order valence-electron chi connectivity index (χ1n) is 8.17. The number of amides is 1. The van der Waals surface area contributed by atoms with Crippen LogP contribution in [0.15, 0.2) is 48.5 Å². The number of nitrogens with one attached hydrogen (secondary N) is 1. The van der Waals surface area contributed by atoms with Gasteiger partial charge in [-0.05, 0) is 24.6 Å². The van der Waals surface area contributed by atoms with Crippen LogP contribution < -0.4 is 14.8 Å². The van der Waals surface area contributed by atoms with Crippen LogP contribution in [0.5, 0.6) is 11.5 Å². The van der Waals surface area contributed by atoms with E-state index in [0.717, 1.165) is 0 Å². The van der Waals surface area contributed by atoms with Crippen molar-refractivity contribution < 1.29 is 24.2 Å². The summed E-state index contributed by atoms with van der Waals surface area (Å²) >= 11 is 0. The van der Waals surface area contributed by atoms with Crippen molar-refractivity contribution in [3.63, 3.8) is 0 Å². The van der Waals surface area contributed by atoms with Crippen molar-refractivity contribution in [1.82, 2.24) is 5.32 Å². The third-order valence-corrected chi connectivity index (χ3v) is 4.17. The number of benzene rings is 2. The van der Waals surface area contributed by atoms with Gasteiger partial charge in [0.25, 0.3) is 5.91 Å². The van der Waals surface area contributed by atoms with Gasteiger partial charge >= 0.3 is 5.97 Å². The molecule has 7 heteroatoms. The molecule has 0 saturated heterocycles. The highest BCUT2D eigenvalue weighted by atomic mass is 16.5. The summed E-state index contributed by atoms with van der Waals surface area (Å²) in [6.45, 7) is 1.15. The number of hydrogen-bond acceptors (Lipinski definition) is 5. The molecule has 1 amide bonds. The molecule has 27 heavy (non-hydrogen) atoms. The molecule has 0 aromatic heterocycles. The SMILES string of the molecule is COc1cc(C#N)ccc1OCC(=O)NCC(C)(C(=O)O)c1ccccc1. The Morgan fingerprint density at radius 1 is 1.19 bits per heavy atom. The van der Waals surface area contributed by atoms with Gasteiger partial charge in [-0.3, -0.25) is 9.59 Å². The van der Waals surface area contributed by atoms with Crippen LogP contribution >= 0.6 is 0 Å². The summed E-state index contributed by atoms with van der Waals surface area (Å²) in [6.07, 6.45) is 0. The zero-order valence-corrected chi connectivity index (χ0v) is 15.1. The van der Waals surface area contributed by atoms with Crippen LogP contribution in [0.4, 0.5) is 0 Å². The van der Waals surface area contributed by atoms with Gasteiger partial charge < -0.3 is 19.9 Å². The minimum absolute atomic E-state index is 0.0843. The number of carboxylic acids is 1. The first-order chi connectivity index (χ1) is 12.9. The molecule has 140 valence electrons. The van der Waals surface area contributed by atoms with E-state index < -0.39 is 17.3 Å². The standard InChI is InChI=1S/C20H20N2O5/c1-20(19(24)25,15-6-4-3-5-7-15)13-22-18(23)12-27-16-9-8-14(11-21)10-17(16)26-2/h3-10H,12-13H2,1-2H3,(H,22,23)(H,24,25). The number of carbonyl (C=O) groups is 2. The normalized spacial score (nSPS) is 12.3. The van der Waals surface area contributed by atoms with E-state index in [4.69, 9.17) is 14.7 Å². The smallest absolute Gasteiger partial charge is 0.315 e. The zero-order chi connectivity index (χ0) is 19.9. The Kier molecular flexibility index (Phi) is 6.39. The number of nitrogens with zero attached hydrogens (tertiary/aromatic N) is 1. The monoisotopic (exact) mass is 368 g/mol. The molecule has 2 aromatic carbocycles. The summed E-state index contributed by atoms with van der Waals surface area (Å²) in [5.74, 6) is -0.856. The van der Waals surface area contributed by atoms with Crippen LogP contribution in [0.1, 0.15) is 18.1 Å². The fourth-order valence-electron chi connectivity index (χ4n) is 2.43. The van der Waals surface area contributed by atoms with E-state index in [0.29, 0.717) is 22.6 Å². The summed E-state index contributed by atoms with van der Waals surface area (Å²) < 4.78 is 10.6. The molecule has 0 spiro atoms. The first-order valence-corrected chi connectivity index (χ1v) is 8.17. The van der Waals surface area contributed by atoms with Gasteiger partial charge in [0, 0.05) is 12.6 Å². The molecule has 1 unspecified atom stereocenters. The van der Waals surface area contributed by atoms with E-state index in [1.54, 1.807) is 43.3 Å². The van der Waals surface area contributed by atoms with E-state index in [1.165, 1.54) is 19.2 Å². The number of hydrogen-bond donors (Lipinski definition) is 2. The van der Waals surface area contributed by atoms with Gasteiger partial charge in [-0.25, -0.2) is 0 Å².